The van der Waals surface area contributed by atoms with Crippen LogP contribution < -0.4 is 66.2 Å². The summed E-state index contributed by atoms with van der Waals surface area (Å²) in [6.07, 6.45) is -1.71. The normalized spacial score (nSPS) is 10.4. The number of carbonyl (C=O) groups is 1. The third-order valence-electron chi connectivity index (χ3n) is 2.38. The largest absolute Gasteiger partial charge is 1.00 e. The first-order valence-electron chi connectivity index (χ1n) is 5.58. The molecule has 0 radical (unpaired) electrons. The van der Waals surface area contributed by atoms with Crippen LogP contribution in [0.5, 0.6) is 11.5 Å². The molecule has 0 spiro atoms. The Morgan fingerprint density at radius 1 is 1.25 bits per heavy atom. The summed E-state index contributed by atoms with van der Waals surface area (Å²) < 4.78 is 46.1. The summed E-state index contributed by atoms with van der Waals surface area (Å²) in [6, 6.07) is 4.66. The van der Waals surface area contributed by atoms with E-state index in [0.717, 1.165) is 0 Å². The minimum Gasteiger partial charge on any atom is -0.497 e. The van der Waals surface area contributed by atoms with Gasteiger partial charge in [-0.15, -0.1) is 0 Å². The second-order valence-corrected chi connectivity index (χ2v) is 3.86. The quantitative estimate of drug-likeness (QED) is 0.745. The maximum absolute atomic E-state index is 12.1. The number of benzene rings is 1. The fourth-order valence-electron chi connectivity index (χ4n) is 1.42. The van der Waals surface area contributed by atoms with Crippen LogP contribution in [-0.2, 0) is 4.79 Å². The molecular formula is C11H14BF3KNO3. The third kappa shape index (κ3) is 6.98. The number of nitrogens with one attached hydrogen (secondary N) is 1. The molecule has 0 atom stereocenters. The van der Waals surface area contributed by atoms with E-state index in [0.29, 0.717) is 11.5 Å². The van der Waals surface area contributed by atoms with Gasteiger partial charge in [0.25, 0.3) is 0 Å². The van der Waals surface area contributed by atoms with E-state index >= 15 is 0 Å². The van der Waals surface area contributed by atoms with Crippen LogP contribution in [0.2, 0.25) is 6.32 Å². The first kappa shape index (κ1) is 19.8. The standard InChI is InChI=1S/C11H14BF3NO3.K/c1-18-8-3-4-10(19-2)9(7-8)16-11(17)5-6-12(13,14)15;/h3-4,7H,5-6H2,1-2H3,(H,16,17);/q-1;+1. The van der Waals surface area contributed by atoms with Crippen molar-refractivity contribution in [2.24, 2.45) is 0 Å². The summed E-state index contributed by atoms with van der Waals surface area (Å²) in [4.78, 5) is 11.4. The van der Waals surface area contributed by atoms with E-state index in [1.54, 1.807) is 12.1 Å². The van der Waals surface area contributed by atoms with Crippen molar-refractivity contribution in [1.29, 1.82) is 0 Å². The average Bonchev–Trinajstić information content (AvgIpc) is 2.35. The summed E-state index contributed by atoms with van der Waals surface area (Å²) >= 11 is 0. The molecular weight excluding hydrogens is 301 g/mol. The minimum atomic E-state index is -4.96. The van der Waals surface area contributed by atoms with Crippen LogP contribution >= 0.6 is 0 Å². The smallest absolute Gasteiger partial charge is 0.497 e. The summed E-state index contributed by atoms with van der Waals surface area (Å²) in [7, 11) is 2.84. The molecule has 106 valence electrons. The molecule has 0 bridgehead atoms. The molecule has 0 aliphatic carbocycles. The maximum atomic E-state index is 12.1. The molecule has 0 fully saturated rings. The summed E-state index contributed by atoms with van der Waals surface area (Å²) in [5.41, 5.74) is 0.279. The van der Waals surface area contributed by atoms with Crippen LogP contribution in [0.15, 0.2) is 18.2 Å². The van der Waals surface area contributed by atoms with Gasteiger partial charge in [-0.25, -0.2) is 0 Å². The van der Waals surface area contributed by atoms with E-state index in [2.05, 4.69) is 5.32 Å². The van der Waals surface area contributed by atoms with Crippen molar-refractivity contribution >= 4 is 18.6 Å². The van der Waals surface area contributed by atoms with Gasteiger partial charge in [-0.1, -0.05) is 6.32 Å². The first-order chi connectivity index (χ1) is 8.85. The molecule has 1 amide bonds. The molecule has 1 aromatic carbocycles. The third-order valence-corrected chi connectivity index (χ3v) is 2.38. The van der Waals surface area contributed by atoms with Crippen molar-refractivity contribution in [3.63, 3.8) is 0 Å². The second kappa shape index (κ2) is 8.93. The Labute approximate surface area is 157 Å². The number of methoxy groups -OCH3 is 2. The van der Waals surface area contributed by atoms with Gasteiger partial charge < -0.3 is 27.7 Å². The van der Waals surface area contributed by atoms with E-state index < -0.39 is 25.6 Å². The van der Waals surface area contributed by atoms with Gasteiger partial charge in [-0.2, -0.15) is 0 Å². The second-order valence-electron chi connectivity index (χ2n) is 3.86. The molecule has 4 nitrogen and oxygen atoms in total. The number of anilines is 1. The van der Waals surface area contributed by atoms with Gasteiger partial charge in [0.15, 0.2) is 0 Å². The van der Waals surface area contributed by atoms with E-state index in [4.69, 9.17) is 9.47 Å². The zero-order valence-electron chi connectivity index (χ0n) is 11.6. The zero-order chi connectivity index (χ0) is 14.5. The Hall–Kier alpha value is -0.219. The van der Waals surface area contributed by atoms with Crippen molar-refractivity contribution in [2.75, 3.05) is 19.5 Å². The van der Waals surface area contributed by atoms with Gasteiger partial charge in [0, 0.05) is 12.5 Å². The number of hydrogen-bond acceptors (Lipinski definition) is 3. The number of hydrogen-bond donors (Lipinski definition) is 1. The van der Waals surface area contributed by atoms with Crippen LogP contribution in [0.25, 0.3) is 0 Å². The Bertz CT molecular complexity index is 457. The average molecular weight is 315 g/mol. The van der Waals surface area contributed by atoms with Gasteiger partial charge in [-0.3, -0.25) is 4.79 Å². The summed E-state index contributed by atoms with van der Waals surface area (Å²) in [5.74, 6) is 0.105. The van der Waals surface area contributed by atoms with Crippen LogP contribution in [-0.4, -0.2) is 27.1 Å². The summed E-state index contributed by atoms with van der Waals surface area (Å²) in [6.45, 7) is -4.96. The first-order valence-corrected chi connectivity index (χ1v) is 5.58. The maximum Gasteiger partial charge on any atom is 1.00 e. The molecule has 1 rings (SSSR count). The van der Waals surface area contributed by atoms with Crippen molar-refractivity contribution in [1.82, 2.24) is 0 Å². The molecule has 0 aliphatic heterocycles. The molecule has 0 aromatic heterocycles. The number of rotatable bonds is 6. The van der Waals surface area contributed by atoms with E-state index in [9.17, 15) is 17.7 Å². The summed E-state index contributed by atoms with van der Waals surface area (Å²) in [5, 5.41) is 2.37. The minimum absolute atomic E-state index is 0. The van der Waals surface area contributed by atoms with Gasteiger partial charge in [0.1, 0.15) is 11.5 Å². The van der Waals surface area contributed by atoms with Crippen LogP contribution in [0, 0.1) is 0 Å². The van der Waals surface area contributed by atoms with Gasteiger partial charge in [0.05, 0.1) is 19.9 Å². The number of halogens is 3. The van der Waals surface area contributed by atoms with E-state index in [1.807, 2.05) is 0 Å². The molecule has 9 heteroatoms. The molecule has 0 saturated heterocycles. The SMILES string of the molecule is COc1ccc(OC)c(NC(=O)CC[B-](F)(F)F)c1.[K+]. The van der Waals surface area contributed by atoms with Gasteiger partial charge in [0.2, 0.25) is 5.91 Å². The molecule has 0 heterocycles. The fraction of sp³-hybridized carbons (Fsp3) is 0.364. The number of amides is 1. The van der Waals surface area contributed by atoms with Crippen LogP contribution in [0.4, 0.5) is 18.6 Å². The molecule has 1 aromatic rings. The van der Waals surface area contributed by atoms with Crippen molar-refractivity contribution < 1.29 is 78.6 Å². The van der Waals surface area contributed by atoms with E-state index in [-0.39, 0.29) is 57.1 Å². The molecule has 1 N–H and O–H groups in total. The Balaban J connectivity index is 0.00000361. The Kier molecular flexibility index (Phi) is 8.84. The van der Waals surface area contributed by atoms with Gasteiger partial charge >= 0.3 is 58.4 Å². The van der Waals surface area contributed by atoms with Crippen LogP contribution in [0.1, 0.15) is 6.42 Å². The van der Waals surface area contributed by atoms with Crippen molar-refractivity contribution in [2.45, 2.75) is 12.7 Å². The van der Waals surface area contributed by atoms with Gasteiger partial charge in [-0.05, 0) is 12.1 Å². The molecule has 20 heavy (non-hydrogen) atoms. The number of ether oxygens (including phenoxy) is 2. The van der Waals surface area contributed by atoms with E-state index in [1.165, 1.54) is 20.3 Å². The zero-order valence-corrected chi connectivity index (χ0v) is 14.7. The monoisotopic (exact) mass is 315 g/mol. The van der Waals surface area contributed by atoms with Crippen molar-refractivity contribution in [3.8, 4) is 11.5 Å². The topological polar surface area (TPSA) is 47.6 Å². The molecule has 0 saturated carbocycles. The Morgan fingerprint density at radius 3 is 2.40 bits per heavy atom. The number of carbonyl (C=O) groups excluding carboxylic acids is 1. The molecule has 0 aliphatic rings. The van der Waals surface area contributed by atoms with Crippen molar-refractivity contribution in [3.05, 3.63) is 18.2 Å². The predicted octanol–water partition coefficient (Wildman–Crippen LogP) is -0.116. The Morgan fingerprint density at radius 2 is 1.90 bits per heavy atom. The van der Waals surface area contributed by atoms with Crippen LogP contribution in [0.3, 0.4) is 0 Å². The predicted molar refractivity (Wildman–Crippen MR) is 66.7 cm³/mol. The fourth-order valence-corrected chi connectivity index (χ4v) is 1.42. The molecule has 0 unspecified atom stereocenters.